The second-order valence-electron chi connectivity index (χ2n) is 3.34. The van der Waals surface area contributed by atoms with Crippen molar-refractivity contribution in [3.8, 4) is 0 Å². The molecule has 0 fully saturated rings. The minimum atomic E-state index is -0.00277. The smallest absolute Gasteiger partial charge is 0.143 e. The van der Waals surface area contributed by atoms with Crippen LogP contribution in [0.25, 0.3) is 0 Å². The van der Waals surface area contributed by atoms with Gasteiger partial charge in [-0.3, -0.25) is 4.79 Å². The molecule has 2 N–H and O–H groups in total. The number of aryl methyl sites for hydroxylation is 1. The molecule has 1 aromatic heterocycles. The van der Waals surface area contributed by atoms with E-state index in [9.17, 15) is 4.79 Å². The van der Waals surface area contributed by atoms with Gasteiger partial charge >= 0.3 is 0 Å². The molecular weight excluding hydrogens is 196 g/mol. The van der Waals surface area contributed by atoms with Crippen molar-refractivity contribution in [2.45, 2.75) is 26.7 Å². The summed E-state index contributed by atoms with van der Waals surface area (Å²) in [5.74, 6) is 0.206. The summed E-state index contributed by atoms with van der Waals surface area (Å²) >= 11 is 1.58. The SMILES string of the molecule is CCC(CN)C(=O)Cc1csc(C)n1. The normalized spacial score (nSPS) is 12.8. The van der Waals surface area contributed by atoms with E-state index >= 15 is 0 Å². The third kappa shape index (κ3) is 2.89. The van der Waals surface area contributed by atoms with Gasteiger partial charge < -0.3 is 5.73 Å². The van der Waals surface area contributed by atoms with Gasteiger partial charge in [-0.1, -0.05) is 6.92 Å². The number of hydrogen-bond donors (Lipinski definition) is 1. The number of rotatable bonds is 5. The number of carbonyl (C=O) groups is 1. The number of aromatic nitrogens is 1. The lowest BCUT2D eigenvalue weighted by Crippen LogP contribution is -2.24. The van der Waals surface area contributed by atoms with Crippen molar-refractivity contribution in [1.29, 1.82) is 0 Å². The first-order valence-electron chi connectivity index (χ1n) is 4.81. The molecule has 0 aliphatic carbocycles. The third-order valence-electron chi connectivity index (χ3n) is 2.25. The van der Waals surface area contributed by atoms with Crippen molar-refractivity contribution in [3.05, 3.63) is 16.1 Å². The molecule has 1 unspecified atom stereocenters. The molecule has 3 nitrogen and oxygen atoms in total. The van der Waals surface area contributed by atoms with Crippen molar-refractivity contribution in [2.75, 3.05) is 6.54 Å². The molecule has 4 heteroatoms. The van der Waals surface area contributed by atoms with Crippen LogP contribution in [0.3, 0.4) is 0 Å². The molecule has 0 aromatic carbocycles. The van der Waals surface area contributed by atoms with E-state index in [0.29, 0.717) is 13.0 Å². The lowest BCUT2D eigenvalue weighted by Gasteiger charge is -2.08. The Labute approximate surface area is 88.3 Å². The van der Waals surface area contributed by atoms with Crippen LogP contribution in [-0.2, 0) is 11.2 Å². The van der Waals surface area contributed by atoms with Crippen molar-refractivity contribution in [1.82, 2.24) is 4.98 Å². The number of nitrogens with zero attached hydrogens (tertiary/aromatic N) is 1. The summed E-state index contributed by atoms with van der Waals surface area (Å²) in [5.41, 5.74) is 6.38. The standard InChI is InChI=1S/C10H16N2OS/c1-3-8(5-11)10(13)4-9-6-14-7(2)12-9/h6,8H,3-5,11H2,1-2H3. The largest absolute Gasteiger partial charge is 0.330 e. The van der Waals surface area contributed by atoms with E-state index in [1.165, 1.54) is 0 Å². The third-order valence-corrected chi connectivity index (χ3v) is 3.08. The number of ketones is 1. The lowest BCUT2D eigenvalue weighted by molar-refractivity contribution is -0.122. The van der Waals surface area contributed by atoms with Crippen LogP contribution in [0, 0.1) is 12.8 Å². The predicted molar refractivity (Wildman–Crippen MR) is 58.4 cm³/mol. The van der Waals surface area contributed by atoms with E-state index in [1.807, 2.05) is 19.2 Å². The highest BCUT2D eigenvalue weighted by molar-refractivity contribution is 7.09. The quantitative estimate of drug-likeness (QED) is 0.805. The summed E-state index contributed by atoms with van der Waals surface area (Å²) in [6.07, 6.45) is 1.25. The fraction of sp³-hybridized carbons (Fsp3) is 0.600. The number of hydrogen-bond acceptors (Lipinski definition) is 4. The van der Waals surface area contributed by atoms with Crippen LogP contribution < -0.4 is 5.73 Å². The Hall–Kier alpha value is -0.740. The molecule has 0 amide bonds. The zero-order chi connectivity index (χ0) is 10.6. The van der Waals surface area contributed by atoms with Crippen molar-refractivity contribution < 1.29 is 4.79 Å². The molecule has 0 aliphatic rings. The Morgan fingerprint density at radius 3 is 2.86 bits per heavy atom. The molecule has 0 aliphatic heterocycles. The lowest BCUT2D eigenvalue weighted by atomic mass is 9.98. The Balaban J connectivity index is 2.56. The van der Waals surface area contributed by atoms with Crippen LogP contribution in [0.15, 0.2) is 5.38 Å². The van der Waals surface area contributed by atoms with E-state index in [2.05, 4.69) is 4.98 Å². The summed E-state index contributed by atoms with van der Waals surface area (Å²) in [4.78, 5) is 15.9. The van der Waals surface area contributed by atoms with Crippen molar-refractivity contribution in [2.24, 2.45) is 11.7 Å². The number of Topliss-reactive ketones (excluding diaryl/α,β-unsaturated/α-hetero) is 1. The summed E-state index contributed by atoms with van der Waals surface area (Å²) < 4.78 is 0. The molecule has 1 rings (SSSR count). The van der Waals surface area contributed by atoms with E-state index in [1.54, 1.807) is 11.3 Å². The maximum Gasteiger partial charge on any atom is 0.143 e. The Morgan fingerprint density at radius 1 is 1.71 bits per heavy atom. The minimum absolute atomic E-state index is 0.00277. The van der Waals surface area contributed by atoms with E-state index in [-0.39, 0.29) is 11.7 Å². The first-order valence-corrected chi connectivity index (χ1v) is 5.69. The zero-order valence-electron chi connectivity index (χ0n) is 8.62. The number of nitrogens with two attached hydrogens (primary N) is 1. The monoisotopic (exact) mass is 212 g/mol. The molecule has 1 atom stereocenters. The highest BCUT2D eigenvalue weighted by atomic mass is 32.1. The average Bonchev–Trinajstić information content (AvgIpc) is 2.53. The Bertz CT molecular complexity index is 305. The topological polar surface area (TPSA) is 56.0 Å². The maximum atomic E-state index is 11.7. The van der Waals surface area contributed by atoms with Gasteiger partial charge in [-0.15, -0.1) is 11.3 Å². The fourth-order valence-electron chi connectivity index (χ4n) is 1.34. The van der Waals surface area contributed by atoms with Crippen LogP contribution in [0.5, 0.6) is 0 Å². The molecular formula is C10H16N2OS. The molecule has 14 heavy (non-hydrogen) atoms. The summed E-state index contributed by atoms with van der Waals surface area (Å²) in [6.45, 7) is 4.37. The molecule has 1 aromatic rings. The molecule has 0 bridgehead atoms. The van der Waals surface area contributed by atoms with Crippen LogP contribution in [0.4, 0.5) is 0 Å². The molecule has 78 valence electrons. The van der Waals surface area contributed by atoms with Crippen LogP contribution in [0.1, 0.15) is 24.0 Å². The van der Waals surface area contributed by atoms with Gasteiger partial charge in [0, 0.05) is 24.3 Å². The van der Waals surface area contributed by atoms with Gasteiger partial charge in [0.1, 0.15) is 5.78 Å². The van der Waals surface area contributed by atoms with Gasteiger partial charge in [0.15, 0.2) is 0 Å². The van der Waals surface area contributed by atoms with Gasteiger partial charge in [0.2, 0.25) is 0 Å². The summed E-state index contributed by atoms with van der Waals surface area (Å²) in [5, 5.41) is 2.95. The van der Waals surface area contributed by atoms with E-state index < -0.39 is 0 Å². The summed E-state index contributed by atoms with van der Waals surface area (Å²) in [6, 6.07) is 0. The minimum Gasteiger partial charge on any atom is -0.330 e. The highest BCUT2D eigenvalue weighted by Crippen LogP contribution is 2.12. The first kappa shape index (κ1) is 11.3. The van der Waals surface area contributed by atoms with Gasteiger partial charge in [0.05, 0.1) is 10.7 Å². The van der Waals surface area contributed by atoms with Gasteiger partial charge in [-0.2, -0.15) is 0 Å². The van der Waals surface area contributed by atoms with Gasteiger partial charge in [0.25, 0.3) is 0 Å². The molecule has 0 saturated heterocycles. The molecule has 1 heterocycles. The van der Waals surface area contributed by atoms with Crippen LogP contribution in [0.2, 0.25) is 0 Å². The maximum absolute atomic E-state index is 11.7. The van der Waals surface area contributed by atoms with Gasteiger partial charge in [-0.05, 0) is 13.3 Å². The average molecular weight is 212 g/mol. The summed E-state index contributed by atoms with van der Waals surface area (Å²) in [7, 11) is 0. The van der Waals surface area contributed by atoms with Crippen molar-refractivity contribution >= 4 is 17.1 Å². The fourth-order valence-corrected chi connectivity index (χ4v) is 1.95. The van der Waals surface area contributed by atoms with E-state index in [0.717, 1.165) is 17.1 Å². The molecule has 0 saturated carbocycles. The Morgan fingerprint density at radius 2 is 2.43 bits per heavy atom. The first-order chi connectivity index (χ1) is 6.67. The highest BCUT2D eigenvalue weighted by Gasteiger charge is 2.15. The van der Waals surface area contributed by atoms with Crippen LogP contribution >= 0.6 is 11.3 Å². The van der Waals surface area contributed by atoms with Crippen LogP contribution in [-0.4, -0.2) is 17.3 Å². The number of carbonyl (C=O) groups excluding carboxylic acids is 1. The Kier molecular flexibility index (Phi) is 4.22. The zero-order valence-corrected chi connectivity index (χ0v) is 9.43. The predicted octanol–water partition coefficient (Wildman–Crippen LogP) is 1.55. The molecule has 0 spiro atoms. The second-order valence-corrected chi connectivity index (χ2v) is 4.40. The van der Waals surface area contributed by atoms with E-state index in [4.69, 9.17) is 5.73 Å². The second kappa shape index (κ2) is 5.22. The van der Waals surface area contributed by atoms with Crippen molar-refractivity contribution in [3.63, 3.8) is 0 Å². The molecule has 0 radical (unpaired) electrons. The number of thiazole rings is 1. The van der Waals surface area contributed by atoms with Gasteiger partial charge in [-0.25, -0.2) is 4.98 Å².